The first kappa shape index (κ1) is 17.2. The second kappa shape index (κ2) is 9.92. The van der Waals surface area contributed by atoms with Crippen LogP contribution in [-0.2, 0) is 6.42 Å². The second-order valence-corrected chi connectivity index (χ2v) is 5.08. The highest BCUT2D eigenvalue weighted by molar-refractivity contribution is 7.80. The van der Waals surface area contributed by atoms with Crippen molar-refractivity contribution in [2.45, 2.75) is 19.8 Å². The van der Waals surface area contributed by atoms with Crippen LogP contribution >= 0.6 is 12.2 Å². The normalized spacial score (nSPS) is 11.3. The molecule has 0 spiro atoms. The Morgan fingerprint density at radius 2 is 1.95 bits per heavy atom. The Balaban J connectivity index is 2.50. The van der Waals surface area contributed by atoms with Gasteiger partial charge in [0.15, 0.2) is 0 Å². The van der Waals surface area contributed by atoms with E-state index in [2.05, 4.69) is 28.8 Å². The van der Waals surface area contributed by atoms with Gasteiger partial charge in [0.05, 0.1) is 0 Å². The molecule has 0 aliphatic heterocycles. The monoisotopic (exact) mass is 302 g/mol. The second-order valence-electron chi connectivity index (χ2n) is 4.67. The molecule has 0 aliphatic carbocycles. The van der Waals surface area contributed by atoms with Gasteiger partial charge in [-0.2, -0.15) is 5.26 Å². The fraction of sp³-hybridized carbons (Fsp3) is 0.375. The number of benzene rings is 1. The highest BCUT2D eigenvalue weighted by Crippen LogP contribution is 2.03. The summed E-state index contributed by atoms with van der Waals surface area (Å²) in [5.41, 5.74) is 8.00. The molecule has 0 unspecified atom stereocenters. The van der Waals surface area contributed by atoms with E-state index in [0.29, 0.717) is 23.7 Å². The van der Waals surface area contributed by atoms with Gasteiger partial charge in [-0.05, 0) is 31.9 Å². The van der Waals surface area contributed by atoms with Crippen molar-refractivity contribution >= 4 is 17.2 Å². The van der Waals surface area contributed by atoms with Gasteiger partial charge in [0.2, 0.25) is 0 Å². The van der Waals surface area contributed by atoms with Crippen molar-refractivity contribution in [1.82, 2.24) is 10.6 Å². The topological polar surface area (TPSA) is 73.9 Å². The number of nitrogens with one attached hydrogen (secondary N) is 2. The van der Waals surface area contributed by atoms with Crippen LogP contribution in [0.1, 0.15) is 18.9 Å². The molecule has 0 aromatic heterocycles. The van der Waals surface area contributed by atoms with Crippen LogP contribution < -0.4 is 16.4 Å². The largest absolute Gasteiger partial charge is 0.387 e. The minimum Gasteiger partial charge on any atom is -0.387 e. The Labute approximate surface area is 132 Å². The number of nitrogens with zero attached hydrogens (tertiary/aromatic N) is 1. The van der Waals surface area contributed by atoms with Crippen molar-refractivity contribution in [3.05, 3.63) is 47.2 Å². The lowest BCUT2D eigenvalue weighted by Crippen LogP contribution is -2.28. The SMILES string of the molecule is C/C(NCCc1ccccc1)=C(\C#N)C(=S)NCCCN. The van der Waals surface area contributed by atoms with Gasteiger partial charge in [-0.1, -0.05) is 42.5 Å². The lowest BCUT2D eigenvalue weighted by molar-refractivity contribution is 0.776. The van der Waals surface area contributed by atoms with Crippen LogP contribution in [0.5, 0.6) is 0 Å². The molecule has 0 bridgehead atoms. The molecule has 5 heteroatoms. The first-order valence-electron chi connectivity index (χ1n) is 7.06. The minimum absolute atomic E-state index is 0.482. The first-order chi connectivity index (χ1) is 10.2. The van der Waals surface area contributed by atoms with Gasteiger partial charge in [-0.3, -0.25) is 0 Å². The zero-order valence-electron chi connectivity index (χ0n) is 12.4. The Hall–Kier alpha value is -1.90. The molecule has 0 heterocycles. The van der Waals surface area contributed by atoms with Crippen LogP contribution in [0.3, 0.4) is 0 Å². The fourth-order valence-corrected chi connectivity index (χ4v) is 2.13. The maximum atomic E-state index is 9.24. The quantitative estimate of drug-likeness (QED) is 0.296. The number of hydrogen-bond donors (Lipinski definition) is 3. The molecule has 0 atom stereocenters. The molecule has 112 valence electrons. The maximum absolute atomic E-state index is 9.24. The molecular weight excluding hydrogens is 280 g/mol. The van der Waals surface area contributed by atoms with E-state index < -0.39 is 0 Å². The van der Waals surface area contributed by atoms with Crippen LogP contribution in [0, 0.1) is 11.3 Å². The van der Waals surface area contributed by atoms with Gasteiger partial charge in [-0.25, -0.2) is 0 Å². The van der Waals surface area contributed by atoms with E-state index in [4.69, 9.17) is 18.0 Å². The van der Waals surface area contributed by atoms with E-state index in [1.165, 1.54) is 5.56 Å². The van der Waals surface area contributed by atoms with Gasteiger partial charge >= 0.3 is 0 Å². The number of nitriles is 1. The number of allylic oxidation sites excluding steroid dienone is 1. The number of hydrogen-bond acceptors (Lipinski definition) is 4. The first-order valence-corrected chi connectivity index (χ1v) is 7.47. The van der Waals surface area contributed by atoms with Crippen molar-refractivity contribution in [3.8, 4) is 6.07 Å². The molecule has 0 saturated carbocycles. The molecule has 1 aromatic carbocycles. The van der Waals surface area contributed by atoms with Crippen molar-refractivity contribution in [3.63, 3.8) is 0 Å². The average Bonchev–Trinajstić information content (AvgIpc) is 2.49. The maximum Gasteiger partial charge on any atom is 0.119 e. The molecule has 0 fully saturated rings. The molecule has 1 aromatic rings. The van der Waals surface area contributed by atoms with E-state index in [9.17, 15) is 5.26 Å². The van der Waals surface area contributed by atoms with Gasteiger partial charge in [-0.15, -0.1) is 0 Å². The smallest absolute Gasteiger partial charge is 0.119 e. The number of nitrogens with two attached hydrogens (primary N) is 1. The molecule has 0 radical (unpaired) electrons. The van der Waals surface area contributed by atoms with Gasteiger partial charge in [0.25, 0.3) is 0 Å². The average molecular weight is 302 g/mol. The van der Waals surface area contributed by atoms with E-state index >= 15 is 0 Å². The standard InChI is InChI=1S/C16H22N4S/c1-13(15(12-18)16(21)20-10-5-9-17)19-11-8-14-6-3-2-4-7-14/h2-4,6-7,19H,5,8-11,17H2,1H3,(H,20,21)/b15-13-. The molecule has 0 aliphatic rings. The van der Waals surface area contributed by atoms with Crippen molar-refractivity contribution in [1.29, 1.82) is 5.26 Å². The van der Waals surface area contributed by atoms with Crippen LogP contribution in [0.15, 0.2) is 41.6 Å². The molecule has 1 rings (SSSR count). The Bertz CT molecular complexity index is 517. The minimum atomic E-state index is 0.482. The predicted molar refractivity (Wildman–Crippen MR) is 90.7 cm³/mol. The summed E-state index contributed by atoms with van der Waals surface area (Å²) in [6.07, 6.45) is 1.74. The van der Waals surface area contributed by atoms with Crippen molar-refractivity contribution in [2.24, 2.45) is 5.73 Å². The lowest BCUT2D eigenvalue weighted by Gasteiger charge is -2.11. The van der Waals surface area contributed by atoms with E-state index in [1.54, 1.807) is 0 Å². The highest BCUT2D eigenvalue weighted by Gasteiger charge is 2.07. The summed E-state index contributed by atoms with van der Waals surface area (Å²) in [5.74, 6) is 0. The third-order valence-corrected chi connectivity index (χ3v) is 3.38. The Morgan fingerprint density at radius 3 is 2.57 bits per heavy atom. The summed E-state index contributed by atoms with van der Waals surface area (Å²) in [7, 11) is 0. The van der Waals surface area contributed by atoms with Gasteiger partial charge < -0.3 is 16.4 Å². The molecule has 21 heavy (non-hydrogen) atoms. The van der Waals surface area contributed by atoms with Crippen molar-refractivity contribution < 1.29 is 0 Å². The zero-order valence-corrected chi connectivity index (χ0v) is 13.2. The van der Waals surface area contributed by atoms with Crippen molar-refractivity contribution in [2.75, 3.05) is 19.6 Å². The zero-order chi connectivity index (χ0) is 15.5. The van der Waals surface area contributed by atoms with Gasteiger partial charge in [0.1, 0.15) is 16.6 Å². The summed E-state index contributed by atoms with van der Waals surface area (Å²) in [5, 5.41) is 15.6. The van der Waals surface area contributed by atoms with Crippen LogP contribution in [-0.4, -0.2) is 24.6 Å². The number of rotatable bonds is 8. The Kier molecular flexibility index (Phi) is 8.10. The molecule has 0 saturated heterocycles. The summed E-state index contributed by atoms with van der Waals surface area (Å²) in [6, 6.07) is 12.4. The highest BCUT2D eigenvalue weighted by atomic mass is 32.1. The van der Waals surface area contributed by atoms with E-state index in [-0.39, 0.29) is 0 Å². The van der Waals surface area contributed by atoms with Gasteiger partial charge in [0, 0.05) is 18.8 Å². The molecule has 4 N–H and O–H groups in total. The fourth-order valence-electron chi connectivity index (χ4n) is 1.82. The Morgan fingerprint density at radius 1 is 1.24 bits per heavy atom. The number of thiocarbonyl (C=S) groups is 1. The van der Waals surface area contributed by atoms with Crippen LogP contribution in [0.4, 0.5) is 0 Å². The molecule has 4 nitrogen and oxygen atoms in total. The van der Waals surface area contributed by atoms with E-state index in [1.807, 2.05) is 25.1 Å². The summed E-state index contributed by atoms with van der Waals surface area (Å²) < 4.78 is 0. The van der Waals surface area contributed by atoms with E-state index in [0.717, 1.165) is 25.1 Å². The summed E-state index contributed by atoms with van der Waals surface area (Å²) in [6.45, 7) is 3.94. The van der Waals surface area contributed by atoms with Crippen LogP contribution in [0.2, 0.25) is 0 Å². The summed E-state index contributed by atoms with van der Waals surface area (Å²) >= 11 is 5.24. The lowest BCUT2D eigenvalue weighted by atomic mass is 10.1. The third-order valence-electron chi connectivity index (χ3n) is 3.03. The van der Waals surface area contributed by atoms with Crippen LogP contribution in [0.25, 0.3) is 0 Å². The molecule has 0 amide bonds. The molecular formula is C16H22N4S. The predicted octanol–water partition coefficient (Wildman–Crippen LogP) is 1.88. The third kappa shape index (κ3) is 6.39. The summed E-state index contributed by atoms with van der Waals surface area (Å²) in [4.78, 5) is 0.482.